The van der Waals surface area contributed by atoms with Crippen LogP contribution in [0.2, 0.25) is 10.0 Å². The van der Waals surface area contributed by atoms with Crippen molar-refractivity contribution in [2.24, 2.45) is 23.7 Å². The van der Waals surface area contributed by atoms with Crippen molar-refractivity contribution < 1.29 is 41.9 Å². The minimum absolute atomic E-state index is 0.0434. The van der Waals surface area contributed by atoms with Crippen LogP contribution < -0.4 is 10.3 Å². The van der Waals surface area contributed by atoms with Crippen molar-refractivity contribution in [3.05, 3.63) is 123 Å². The molecule has 2 aliphatic carbocycles. The van der Waals surface area contributed by atoms with Gasteiger partial charge in [-0.1, -0.05) is 66.0 Å². The van der Waals surface area contributed by atoms with Gasteiger partial charge in [0.25, 0.3) is 11.8 Å². The molecule has 0 bridgehead atoms. The van der Waals surface area contributed by atoms with Crippen molar-refractivity contribution in [2.75, 3.05) is 10.3 Å². The summed E-state index contributed by atoms with van der Waals surface area (Å²) in [7, 11) is 0. The Labute approximate surface area is 316 Å². The van der Waals surface area contributed by atoms with Crippen LogP contribution >= 0.6 is 23.2 Å². The number of nitrogens with one attached hydrogen (secondary N) is 1. The van der Waals surface area contributed by atoms with E-state index >= 15 is 4.79 Å². The Morgan fingerprint density at radius 2 is 1.69 bits per heavy atom. The highest BCUT2D eigenvalue weighted by Gasteiger charge is 2.71. The fraction of sp³-hybridized carbons (Fsp3) is 0.308. The standard InChI is InChI=1S/C39H31Cl2F3N4O6/c1-2-19-3-9-23(10-4-19)47-34(50)26-13-12-25-27(31(26)36(47)52)16-28-35(51)48(46-33-29(41)15-21(17-45-33)39(42,43)44)37(53)38(28,20-5-7-22(40)8-6-20)32(25)30-14-11-24(18-49)54-30/h3-12,14-15,17,26-28,31-32,49H,2,13,16,18H2,1H3,(H,45,46)/t26-,27+,28-,31-,32+,38+/m0/s1. The molecular weight excluding hydrogens is 748 g/mol. The summed E-state index contributed by atoms with van der Waals surface area (Å²) < 4.78 is 46.5. The lowest BCUT2D eigenvalue weighted by molar-refractivity contribution is -0.139. The summed E-state index contributed by atoms with van der Waals surface area (Å²) in [6.07, 6.45) is -1.47. The minimum Gasteiger partial charge on any atom is -0.463 e. The first-order chi connectivity index (χ1) is 25.8. The van der Waals surface area contributed by atoms with Crippen molar-refractivity contribution in [1.29, 1.82) is 0 Å². The number of hydrogen-bond acceptors (Lipinski definition) is 8. The van der Waals surface area contributed by atoms with Crippen LogP contribution in [0.25, 0.3) is 0 Å². The van der Waals surface area contributed by atoms with Gasteiger partial charge in [-0.05, 0) is 78.8 Å². The number of nitrogens with zero attached hydrogens (tertiary/aromatic N) is 3. The Hall–Kier alpha value is -4.98. The second kappa shape index (κ2) is 13.1. The SMILES string of the molecule is CCc1ccc(N2C(=O)[C@H]3[C@H](CC=C4[C@H]3C[C@H]3C(=O)N(Nc5ncc(C(F)(F)F)cc5Cl)C(=O)[C@@]3(c3ccc(Cl)cc3)[C@H]4c3ccc(CO)o3)C2=O)cc1. The fourth-order valence-corrected chi connectivity index (χ4v) is 9.20. The number of aromatic nitrogens is 1. The zero-order valence-electron chi connectivity index (χ0n) is 28.4. The number of anilines is 2. The topological polar surface area (TPSA) is 133 Å². The second-order valence-electron chi connectivity index (χ2n) is 13.9. The number of halogens is 5. The number of benzene rings is 2. The van der Waals surface area contributed by atoms with Gasteiger partial charge >= 0.3 is 6.18 Å². The van der Waals surface area contributed by atoms with Gasteiger partial charge in [-0.2, -0.15) is 18.2 Å². The van der Waals surface area contributed by atoms with E-state index in [4.69, 9.17) is 27.6 Å². The molecule has 1 saturated carbocycles. The Morgan fingerprint density at radius 3 is 2.31 bits per heavy atom. The van der Waals surface area contributed by atoms with Crippen molar-refractivity contribution in [1.82, 2.24) is 9.99 Å². The normalized spacial score (nSPS) is 26.5. The molecule has 2 aromatic carbocycles. The summed E-state index contributed by atoms with van der Waals surface area (Å²) >= 11 is 12.5. The highest BCUT2D eigenvalue weighted by Crippen LogP contribution is 2.64. The van der Waals surface area contributed by atoms with Gasteiger partial charge in [-0.3, -0.25) is 29.5 Å². The summed E-state index contributed by atoms with van der Waals surface area (Å²) in [6, 6.07) is 17.3. The molecule has 4 aromatic rings. The number of allylic oxidation sites excluding steroid dienone is 2. The zero-order chi connectivity index (χ0) is 38.3. The summed E-state index contributed by atoms with van der Waals surface area (Å²) in [4.78, 5) is 63.4. The summed E-state index contributed by atoms with van der Waals surface area (Å²) in [6.45, 7) is 1.53. The Kier molecular flexibility index (Phi) is 8.74. The molecule has 2 N–H and O–H groups in total. The number of pyridine rings is 1. The average molecular weight is 780 g/mol. The number of hydrogen-bond donors (Lipinski definition) is 2. The van der Waals surface area contributed by atoms with E-state index in [1.165, 1.54) is 4.90 Å². The van der Waals surface area contributed by atoms with E-state index in [2.05, 4.69) is 10.4 Å². The molecule has 3 fully saturated rings. The molecule has 0 spiro atoms. The van der Waals surface area contributed by atoms with E-state index in [1.54, 1.807) is 48.5 Å². The van der Waals surface area contributed by atoms with E-state index in [0.717, 1.165) is 12.0 Å². The van der Waals surface area contributed by atoms with Gasteiger partial charge in [-0.25, -0.2) is 4.98 Å². The van der Waals surface area contributed by atoms with Crippen LogP contribution in [-0.4, -0.2) is 38.7 Å². The molecule has 2 saturated heterocycles. The number of aliphatic hydroxyl groups excluding tert-OH is 1. The van der Waals surface area contributed by atoms with Crippen LogP contribution in [-0.2, 0) is 43.8 Å². The first-order valence-electron chi connectivity index (χ1n) is 17.3. The van der Waals surface area contributed by atoms with Gasteiger partial charge in [0.1, 0.15) is 23.5 Å². The summed E-state index contributed by atoms with van der Waals surface area (Å²) in [5, 5.41) is 10.6. The molecule has 4 heterocycles. The Balaban J connectivity index is 1.28. The van der Waals surface area contributed by atoms with Crippen LogP contribution in [0.1, 0.15) is 53.9 Å². The Bertz CT molecular complexity index is 2240. The molecule has 6 atom stereocenters. The van der Waals surface area contributed by atoms with E-state index in [0.29, 0.717) is 39.1 Å². The van der Waals surface area contributed by atoms with Gasteiger partial charge < -0.3 is 9.52 Å². The molecule has 278 valence electrons. The van der Waals surface area contributed by atoms with Crippen LogP contribution in [0.3, 0.4) is 0 Å². The largest absolute Gasteiger partial charge is 0.463 e. The average Bonchev–Trinajstić information content (AvgIpc) is 3.79. The molecule has 15 heteroatoms. The van der Waals surface area contributed by atoms with Gasteiger partial charge in [-0.15, -0.1) is 0 Å². The maximum atomic E-state index is 15.2. The highest BCUT2D eigenvalue weighted by molar-refractivity contribution is 6.33. The van der Waals surface area contributed by atoms with Crippen molar-refractivity contribution in [3.63, 3.8) is 0 Å². The van der Waals surface area contributed by atoms with Gasteiger partial charge in [0, 0.05) is 11.2 Å². The van der Waals surface area contributed by atoms with Crippen LogP contribution in [0.5, 0.6) is 0 Å². The van der Waals surface area contributed by atoms with Crippen molar-refractivity contribution in [3.8, 4) is 0 Å². The van der Waals surface area contributed by atoms with Crippen LogP contribution in [0.4, 0.5) is 24.7 Å². The fourth-order valence-electron chi connectivity index (χ4n) is 8.86. The quantitative estimate of drug-likeness (QED) is 0.148. The number of furan rings is 1. The maximum Gasteiger partial charge on any atom is 0.417 e. The third-order valence-electron chi connectivity index (χ3n) is 11.3. The number of imide groups is 2. The van der Waals surface area contributed by atoms with Crippen molar-refractivity contribution in [2.45, 2.75) is 50.3 Å². The van der Waals surface area contributed by atoms with E-state index in [-0.39, 0.29) is 36.1 Å². The lowest BCUT2D eigenvalue weighted by Crippen LogP contribution is -2.53. The van der Waals surface area contributed by atoms with Crippen LogP contribution in [0.15, 0.2) is 89.0 Å². The lowest BCUT2D eigenvalue weighted by atomic mass is 9.50. The number of alkyl halides is 3. The number of aliphatic hydroxyl groups is 1. The maximum absolute atomic E-state index is 15.2. The third kappa shape index (κ3) is 5.38. The molecular formula is C39H31Cl2F3N4O6. The van der Waals surface area contributed by atoms with E-state index < -0.39 is 76.1 Å². The Morgan fingerprint density at radius 1 is 0.963 bits per heavy atom. The first-order valence-corrected chi connectivity index (χ1v) is 18.0. The molecule has 8 rings (SSSR count). The predicted molar refractivity (Wildman–Crippen MR) is 190 cm³/mol. The molecule has 2 aliphatic heterocycles. The van der Waals surface area contributed by atoms with Gasteiger partial charge in [0.15, 0.2) is 5.82 Å². The number of amides is 4. The number of carbonyl (C=O) groups excluding carboxylic acids is 4. The monoisotopic (exact) mass is 778 g/mol. The number of hydrazine groups is 1. The minimum atomic E-state index is -4.75. The van der Waals surface area contributed by atoms with Crippen molar-refractivity contribution >= 4 is 58.3 Å². The number of carbonyl (C=O) groups is 4. The smallest absolute Gasteiger partial charge is 0.417 e. The summed E-state index contributed by atoms with van der Waals surface area (Å²) in [5.74, 6) is -6.83. The van der Waals surface area contributed by atoms with Gasteiger partial charge in [0.2, 0.25) is 11.8 Å². The van der Waals surface area contributed by atoms with E-state index in [1.807, 2.05) is 25.1 Å². The zero-order valence-corrected chi connectivity index (χ0v) is 30.0. The molecule has 4 amide bonds. The first kappa shape index (κ1) is 36.0. The molecule has 0 radical (unpaired) electrons. The summed E-state index contributed by atoms with van der Waals surface area (Å²) in [5.41, 5.74) is 2.17. The highest BCUT2D eigenvalue weighted by atomic mass is 35.5. The molecule has 10 nitrogen and oxygen atoms in total. The number of fused-ring (bicyclic) bond motifs is 4. The lowest BCUT2D eigenvalue weighted by Gasteiger charge is -2.49. The van der Waals surface area contributed by atoms with E-state index in [9.17, 15) is 32.7 Å². The predicted octanol–water partition coefficient (Wildman–Crippen LogP) is 7.24. The molecule has 0 unspecified atom stereocenters. The molecule has 54 heavy (non-hydrogen) atoms. The second-order valence-corrected chi connectivity index (χ2v) is 14.8. The van der Waals surface area contributed by atoms with Crippen LogP contribution in [0, 0.1) is 23.7 Å². The van der Waals surface area contributed by atoms with Gasteiger partial charge in [0.05, 0.1) is 39.9 Å². The molecule has 4 aliphatic rings. The number of rotatable bonds is 7. The number of aryl methyl sites for hydroxylation is 1. The third-order valence-corrected chi connectivity index (χ3v) is 11.8. The molecule has 2 aromatic heterocycles.